The lowest BCUT2D eigenvalue weighted by Crippen LogP contribution is -1.94. The molecule has 25 heavy (non-hydrogen) atoms. The number of nitrogens with zero attached hydrogens (tertiary/aromatic N) is 2. The first-order valence-electron chi connectivity index (χ1n) is 7.94. The highest BCUT2D eigenvalue weighted by Gasteiger charge is 2.10. The molecule has 128 valence electrons. The van der Waals surface area contributed by atoms with Crippen LogP contribution in [0.4, 0.5) is 0 Å². The van der Waals surface area contributed by atoms with Gasteiger partial charge in [-0.25, -0.2) is 0 Å². The van der Waals surface area contributed by atoms with Crippen molar-refractivity contribution in [2.75, 3.05) is 14.2 Å². The molecule has 0 aliphatic carbocycles. The minimum atomic E-state index is 0.716. The number of hydrogen-bond acceptors (Lipinski definition) is 5. The van der Waals surface area contributed by atoms with Crippen LogP contribution in [0.15, 0.2) is 59.6 Å². The van der Waals surface area contributed by atoms with Gasteiger partial charge in [-0.15, -0.1) is 10.2 Å². The van der Waals surface area contributed by atoms with Crippen LogP contribution in [0.5, 0.6) is 11.5 Å². The van der Waals surface area contributed by atoms with E-state index in [0.717, 1.165) is 27.8 Å². The summed E-state index contributed by atoms with van der Waals surface area (Å²) in [7, 11) is 3.27. The summed E-state index contributed by atoms with van der Waals surface area (Å²) in [6.07, 6.45) is 0. The number of rotatable bonds is 6. The second-order valence-corrected chi connectivity index (χ2v) is 6.60. The zero-order valence-electron chi connectivity index (χ0n) is 14.5. The van der Waals surface area contributed by atoms with Crippen LogP contribution in [-0.2, 0) is 5.75 Å². The molecule has 0 aliphatic heterocycles. The predicted octanol–water partition coefficient (Wildman–Crippen LogP) is 4.76. The van der Waals surface area contributed by atoms with Gasteiger partial charge in [-0.1, -0.05) is 41.6 Å². The monoisotopic (exact) mass is 352 g/mol. The van der Waals surface area contributed by atoms with E-state index in [0.29, 0.717) is 5.75 Å². The van der Waals surface area contributed by atoms with Crippen molar-refractivity contribution in [2.24, 2.45) is 0 Å². The largest absolute Gasteiger partial charge is 0.497 e. The molecule has 2 aromatic carbocycles. The lowest BCUT2D eigenvalue weighted by atomic mass is 10.1. The van der Waals surface area contributed by atoms with E-state index in [9.17, 15) is 0 Å². The lowest BCUT2D eigenvalue weighted by Gasteiger charge is -2.10. The third-order valence-electron chi connectivity index (χ3n) is 3.79. The van der Waals surface area contributed by atoms with Gasteiger partial charge < -0.3 is 9.47 Å². The molecule has 0 radical (unpaired) electrons. The Labute approximate surface area is 152 Å². The van der Waals surface area contributed by atoms with Crippen molar-refractivity contribution < 1.29 is 9.47 Å². The van der Waals surface area contributed by atoms with Crippen LogP contribution in [-0.4, -0.2) is 24.4 Å². The van der Waals surface area contributed by atoms with Crippen LogP contribution in [0.25, 0.3) is 11.3 Å². The fourth-order valence-corrected chi connectivity index (χ4v) is 3.27. The van der Waals surface area contributed by atoms with Crippen LogP contribution in [0.1, 0.15) is 11.1 Å². The van der Waals surface area contributed by atoms with Crippen molar-refractivity contribution in [3.05, 3.63) is 65.7 Å². The molecule has 3 aromatic rings. The molecule has 0 aliphatic rings. The fraction of sp³-hybridized carbons (Fsp3) is 0.200. The Balaban J connectivity index is 1.74. The van der Waals surface area contributed by atoms with Crippen molar-refractivity contribution in [3.63, 3.8) is 0 Å². The summed E-state index contributed by atoms with van der Waals surface area (Å²) >= 11 is 1.68. The van der Waals surface area contributed by atoms with Gasteiger partial charge in [-0.3, -0.25) is 0 Å². The first kappa shape index (κ1) is 17.3. The van der Waals surface area contributed by atoms with Gasteiger partial charge in [0.1, 0.15) is 16.5 Å². The van der Waals surface area contributed by atoms with Gasteiger partial charge in [0, 0.05) is 17.4 Å². The SMILES string of the molecule is COc1ccc(-c2ccc(SCc3cccc(C)c3)nn2)c(OC)c1. The standard InChI is InChI=1S/C20H20N2O2S/c1-14-5-4-6-15(11-14)13-25-20-10-9-18(21-22-20)17-8-7-16(23-2)12-19(17)24-3/h4-12H,13H2,1-3H3. The molecule has 1 heterocycles. The van der Waals surface area contributed by atoms with E-state index >= 15 is 0 Å². The van der Waals surface area contributed by atoms with E-state index in [1.807, 2.05) is 30.3 Å². The molecule has 0 saturated heterocycles. The highest BCUT2D eigenvalue weighted by atomic mass is 32.2. The summed E-state index contributed by atoms with van der Waals surface area (Å²) in [5.74, 6) is 2.34. The predicted molar refractivity (Wildman–Crippen MR) is 101 cm³/mol. The Bertz CT molecular complexity index is 851. The zero-order chi connectivity index (χ0) is 17.6. The number of thioether (sulfide) groups is 1. The third-order valence-corrected chi connectivity index (χ3v) is 4.79. The zero-order valence-corrected chi connectivity index (χ0v) is 15.3. The third kappa shape index (κ3) is 4.31. The number of benzene rings is 2. The number of aromatic nitrogens is 2. The Morgan fingerprint density at radius 2 is 1.80 bits per heavy atom. The van der Waals surface area contributed by atoms with Crippen LogP contribution in [0.2, 0.25) is 0 Å². The van der Waals surface area contributed by atoms with Gasteiger partial charge in [0.2, 0.25) is 0 Å². The molecule has 0 saturated carbocycles. The van der Waals surface area contributed by atoms with Crippen molar-refractivity contribution in [2.45, 2.75) is 17.7 Å². The Morgan fingerprint density at radius 1 is 0.920 bits per heavy atom. The smallest absolute Gasteiger partial charge is 0.132 e. The maximum atomic E-state index is 5.44. The van der Waals surface area contributed by atoms with Crippen molar-refractivity contribution in [1.82, 2.24) is 10.2 Å². The van der Waals surface area contributed by atoms with Gasteiger partial charge in [0.25, 0.3) is 0 Å². The number of aryl methyl sites for hydroxylation is 1. The molecule has 0 spiro atoms. The van der Waals surface area contributed by atoms with Crippen molar-refractivity contribution in [3.8, 4) is 22.8 Å². The Kier molecular flexibility index (Phi) is 5.56. The van der Waals surface area contributed by atoms with Crippen LogP contribution < -0.4 is 9.47 Å². The number of hydrogen-bond donors (Lipinski definition) is 0. The quantitative estimate of drug-likeness (QED) is 0.598. The van der Waals surface area contributed by atoms with Gasteiger partial charge in [0.05, 0.1) is 19.9 Å². The molecule has 3 rings (SSSR count). The van der Waals surface area contributed by atoms with E-state index in [4.69, 9.17) is 9.47 Å². The second kappa shape index (κ2) is 8.03. The molecule has 0 bridgehead atoms. The maximum absolute atomic E-state index is 5.44. The van der Waals surface area contributed by atoms with Gasteiger partial charge >= 0.3 is 0 Å². The fourth-order valence-electron chi connectivity index (χ4n) is 2.51. The van der Waals surface area contributed by atoms with Crippen LogP contribution in [0.3, 0.4) is 0 Å². The molecular weight excluding hydrogens is 332 g/mol. The summed E-state index contributed by atoms with van der Waals surface area (Å²) in [6.45, 7) is 2.10. The molecule has 5 heteroatoms. The minimum Gasteiger partial charge on any atom is -0.497 e. The Morgan fingerprint density at radius 3 is 2.48 bits per heavy atom. The summed E-state index contributed by atoms with van der Waals surface area (Å²) in [4.78, 5) is 0. The number of ether oxygens (including phenoxy) is 2. The molecule has 0 unspecified atom stereocenters. The van der Waals surface area contributed by atoms with Crippen LogP contribution >= 0.6 is 11.8 Å². The highest BCUT2D eigenvalue weighted by molar-refractivity contribution is 7.98. The molecular formula is C20H20N2O2S. The Hall–Kier alpha value is -2.53. The minimum absolute atomic E-state index is 0.716. The van der Waals surface area contributed by atoms with Crippen LogP contribution in [0, 0.1) is 6.92 Å². The molecule has 0 N–H and O–H groups in total. The molecule has 0 amide bonds. The van der Waals surface area contributed by atoms with E-state index in [1.165, 1.54) is 11.1 Å². The summed E-state index contributed by atoms with van der Waals surface area (Å²) in [5.41, 5.74) is 4.23. The molecule has 4 nitrogen and oxygen atoms in total. The first-order valence-corrected chi connectivity index (χ1v) is 8.92. The van der Waals surface area contributed by atoms with Crippen molar-refractivity contribution in [1.29, 1.82) is 0 Å². The van der Waals surface area contributed by atoms with Gasteiger partial charge in [0.15, 0.2) is 0 Å². The van der Waals surface area contributed by atoms with E-state index in [1.54, 1.807) is 26.0 Å². The van der Waals surface area contributed by atoms with Gasteiger partial charge in [-0.05, 0) is 36.8 Å². The average molecular weight is 352 g/mol. The molecule has 0 atom stereocenters. The van der Waals surface area contributed by atoms with E-state index in [2.05, 4.69) is 41.4 Å². The van der Waals surface area contributed by atoms with Crippen molar-refractivity contribution >= 4 is 11.8 Å². The topological polar surface area (TPSA) is 44.2 Å². The molecule has 0 fully saturated rings. The summed E-state index contributed by atoms with van der Waals surface area (Å²) in [5, 5.41) is 9.59. The number of methoxy groups -OCH3 is 2. The second-order valence-electron chi connectivity index (χ2n) is 5.60. The average Bonchev–Trinajstić information content (AvgIpc) is 2.66. The summed E-state index contributed by atoms with van der Waals surface area (Å²) < 4.78 is 10.7. The molecule has 1 aromatic heterocycles. The normalized spacial score (nSPS) is 10.5. The van der Waals surface area contributed by atoms with Gasteiger partial charge in [-0.2, -0.15) is 0 Å². The lowest BCUT2D eigenvalue weighted by molar-refractivity contribution is 0.395. The summed E-state index contributed by atoms with van der Waals surface area (Å²) in [6, 6.07) is 18.1. The maximum Gasteiger partial charge on any atom is 0.132 e. The van der Waals surface area contributed by atoms with E-state index < -0.39 is 0 Å². The van der Waals surface area contributed by atoms with E-state index in [-0.39, 0.29) is 0 Å². The first-order chi connectivity index (χ1) is 12.2. The highest BCUT2D eigenvalue weighted by Crippen LogP contribution is 2.32.